The lowest BCUT2D eigenvalue weighted by atomic mass is 10.2. The molecule has 0 aliphatic carbocycles. The maximum atomic E-state index is 11.1. The van der Waals surface area contributed by atoms with Crippen molar-refractivity contribution in [2.24, 2.45) is 5.92 Å². The molecule has 0 aromatic heterocycles. The molecule has 0 bridgehead atoms. The second-order valence-corrected chi connectivity index (χ2v) is 3.54. The molecule has 0 aromatic rings. The maximum Gasteiger partial charge on any atom is 0.308 e. The highest BCUT2D eigenvalue weighted by molar-refractivity contribution is 5.71. The molecular weight excluding hydrogens is 152 g/mol. The summed E-state index contributed by atoms with van der Waals surface area (Å²) < 4.78 is 5.11. The molecule has 2 heteroatoms. The molecule has 2 nitrogen and oxygen atoms in total. The fourth-order valence-electron chi connectivity index (χ4n) is 0.823. The normalized spacial score (nSPS) is 12.5. The second-order valence-electron chi connectivity index (χ2n) is 3.54. The molecule has 0 radical (unpaired) electrons. The van der Waals surface area contributed by atoms with E-state index in [9.17, 15) is 4.79 Å². The van der Waals surface area contributed by atoms with Crippen LogP contribution in [0.15, 0.2) is 11.6 Å². The standard InChI is InChI=1S/C10H18O2/c1-7(2)6-9(5)12-10(11)8(3)4/h6,8-9H,1-5H3. The van der Waals surface area contributed by atoms with E-state index in [2.05, 4.69) is 0 Å². The van der Waals surface area contributed by atoms with Crippen molar-refractivity contribution in [1.29, 1.82) is 0 Å². The highest BCUT2D eigenvalue weighted by atomic mass is 16.5. The van der Waals surface area contributed by atoms with Crippen LogP contribution in [0.2, 0.25) is 0 Å². The predicted octanol–water partition coefficient (Wildman–Crippen LogP) is 2.54. The third-order valence-corrected chi connectivity index (χ3v) is 1.34. The Morgan fingerprint density at radius 2 is 1.75 bits per heavy atom. The van der Waals surface area contributed by atoms with E-state index in [0.717, 1.165) is 0 Å². The van der Waals surface area contributed by atoms with E-state index in [1.807, 2.05) is 40.7 Å². The molecule has 1 unspecified atom stereocenters. The average Bonchev–Trinajstić information content (AvgIpc) is 1.84. The van der Waals surface area contributed by atoms with Crippen LogP contribution in [0.4, 0.5) is 0 Å². The van der Waals surface area contributed by atoms with Crippen LogP contribution in [0.25, 0.3) is 0 Å². The lowest BCUT2D eigenvalue weighted by Crippen LogP contribution is -2.17. The smallest absolute Gasteiger partial charge is 0.308 e. The van der Waals surface area contributed by atoms with E-state index in [-0.39, 0.29) is 18.0 Å². The summed E-state index contributed by atoms with van der Waals surface area (Å²) in [5.41, 5.74) is 1.17. The zero-order valence-electron chi connectivity index (χ0n) is 8.55. The van der Waals surface area contributed by atoms with Crippen LogP contribution in [0.3, 0.4) is 0 Å². The minimum atomic E-state index is -0.139. The van der Waals surface area contributed by atoms with E-state index in [0.29, 0.717) is 0 Å². The SMILES string of the molecule is CC(C)=CC(C)OC(=O)C(C)C. The number of esters is 1. The van der Waals surface area contributed by atoms with Crippen molar-refractivity contribution in [2.45, 2.75) is 40.7 Å². The Morgan fingerprint density at radius 3 is 2.08 bits per heavy atom. The molecule has 0 aromatic carbocycles. The molecule has 1 atom stereocenters. The summed E-state index contributed by atoms with van der Waals surface area (Å²) in [7, 11) is 0. The molecule has 0 saturated carbocycles. The van der Waals surface area contributed by atoms with E-state index in [1.165, 1.54) is 5.57 Å². The molecule has 12 heavy (non-hydrogen) atoms. The van der Waals surface area contributed by atoms with Gasteiger partial charge in [-0.2, -0.15) is 0 Å². The maximum absolute atomic E-state index is 11.1. The van der Waals surface area contributed by atoms with Gasteiger partial charge in [-0.05, 0) is 26.8 Å². The van der Waals surface area contributed by atoms with Gasteiger partial charge in [0.15, 0.2) is 0 Å². The van der Waals surface area contributed by atoms with Crippen LogP contribution in [0, 0.1) is 5.92 Å². The van der Waals surface area contributed by atoms with Gasteiger partial charge in [0.05, 0.1) is 5.92 Å². The molecule has 0 N–H and O–H groups in total. The Labute approximate surface area is 74.6 Å². The summed E-state index contributed by atoms with van der Waals surface area (Å²) >= 11 is 0. The van der Waals surface area contributed by atoms with Gasteiger partial charge in [0.2, 0.25) is 0 Å². The van der Waals surface area contributed by atoms with Crippen LogP contribution in [0.5, 0.6) is 0 Å². The van der Waals surface area contributed by atoms with Crippen molar-refractivity contribution in [2.75, 3.05) is 0 Å². The Kier molecular flexibility index (Phi) is 4.64. The van der Waals surface area contributed by atoms with Gasteiger partial charge in [-0.3, -0.25) is 4.79 Å². The van der Waals surface area contributed by atoms with Gasteiger partial charge in [0, 0.05) is 0 Å². The fraction of sp³-hybridized carbons (Fsp3) is 0.700. The largest absolute Gasteiger partial charge is 0.458 e. The molecule has 0 spiro atoms. The number of allylic oxidation sites excluding steroid dienone is 1. The number of ether oxygens (including phenoxy) is 1. The Morgan fingerprint density at radius 1 is 1.25 bits per heavy atom. The molecule has 0 fully saturated rings. The van der Waals surface area contributed by atoms with Crippen LogP contribution in [0.1, 0.15) is 34.6 Å². The van der Waals surface area contributed by atoms with Crippen molar-refractivity contribution in [1.82, 2.24) is 0 Å². The molecule has 0 aliphatic rings. The van der Waals surface area contributed by atoms with Crippen LogP contribution in [-0.4, -0.2) is 12.1 Å². The Hall–Kier alpha value is -0.790. The molecular formula is C10H18O2. The van der Waals surface area contributed by atoms with E-state index in [1.54, 1.807) is 0 Å². The van der Waals surface area contributed by atoms with Crippen molar-refractivity contribution < 1.29 is 9.53 Å². The zero-order valence-corrected chi connectivity index (χ0v) is 8.55. The van der Waals surface area contributed by atoms with E-state index in [4.69, 9.17) is 4.74 Å². The topological polar surface area (TPSA) is 26.3 Å². The van der Waals surface area contributed by atoms with Gasteiger partial charge in [0.1, 0.15) is 6.10 Å². The quantitative estimate of drug-likeness (QED) is 0.480. The minimum Gasteiger partial charge on any atom is -0.458 e. The van der Waals surface area contributed by atoms with Crippen LogP contribution >= 0.6 is 0 Å². The number of carbonyl (C=O) groups is 1. The summed E-state index contributed by atoms with van der Waals surface area (Å²) in [5, 5.41) is 0. The lowest BCUT2D eigenvalue weighted by Gasteiger charge is -2.11. The van der Waals surface area contributed by atoms with Gasteiger partial charge in [-0.25, -0.2) is 0 Å². The van der Waals surface area contributed by atoms with Gasteiger partial charge in [-0.15, -0.1) is 0 Å². The van der Waals surface area contributed by atoms with Crippen molar-refractivity contribution in [3.63, 3.8) is 0 Å². The summed E-state index contributed by atoms with van der Waals surface area (Å²) in [6.07, 6.45) is 1.82. The zero-order chi connectivity index (χ0) is 9.72. The third-order valence-electron chi connectivity index (χ3n) is 1.34. The average molecular weight is 170 g/mol. The number of carbonyl (C=O) groups excluding carboxylic acids is 1. The summed E-state index contributed by atoms with van der Waals surface area (Å²) in [4.78, 5) is 11.1. The first kappa shape index (κ1) is 11.2. The Bertz CT molecular complexity index is 176. The third kappa shape index (κ3) is 4.94. The van der Waals surface area contributed by atoms with Gasteiger partial charge in [0.25, 0.3) is 0 Å². The second kappa shape index (κ2) is 4.96. The van der Waals surface area contributed by atoms with E-state index >= 15 is 0 Å². The van der Waals surface area contributed by atoms with Crippen molar-refractivity contribution in [3.05, 3.63) is 11.6 Å². The molecule has 0 rings (SSSR count). The summed E-state index contributed by atoms with van der Waals surface area (Å²) in [6.45, 7) is 9.50. The predicted molar refractivity (Wildman–Crippen MR) is 49.8 cm³/mol. The highest BCUT2D eigenvalue weighted by Gasteiger charge is 2.10. The minimum absolute atomic E-state index is 0.0435. The highest BCUT2D eigenvalue weighted by Crippen LogP contribution is 2.03. The van der Waals surface area contributed by atoms with Crippen LogP contribution in [-0.2, 0) is 9.53 Å². The molecule has 0 saturated heterocycles. The lowest BCUT2D eigenvalue weighted by molar-refractivity contribution is -0.149. The molecule has 70 valence electrons. The number of hydrogen-bond donors (Lipinski definition) is 0. The summed E-state index contributed by atoms with van der Waals surface area (Å²) in [5.74, 6) is -0.182. The first-order valence-corrected chi connectivity index (χ1v) is 4.29. The van der Waals surface area contributed by atoms with Crippen molar-refractivity contribution in [3.8, 4) is 0 Å². The van der Waals surface area contributed by atoms with E-state index < -0.39 is 0 Å². The first-order valence-electron chi connectivity index (χ1n) is 4.29. The van der Waals surface area contributed by atoms with Gasteiger partial charge >= 0.3 is 5.97 Å². The van der Waals surface area contributed by atoms with Crippen LogP contribution < -0.4 is 0 Å². The number of hydrogen-bond acceptors (Lipinski definition) is 2. The fourth-order valence-corrected chi connectivity index (χ4v) is 0.823. The van der Waals surface area contributed by atoms with Gasteiger partial charge in [-0.1, -0.05) is 19.4 Å². The molecule has 0 aliphatic heterocycles. The first-order chi connectivity index (χ1) is 5.43. The monoisotopic (exact) mass is 170 g/mol. The Balaban J connectivity index is 3.93. The molecule has 0 heterocycles. The summed E-state index contributed by atoms with van der Waals surface area (Å²) in [6, 6.07) is 0. The molecule has 0 amide bonds. The van der Waals surface area contributed by atoms with Gasteiger partial charge < -0.3 is 4.74 Å². The van der Waals surface area contributed by atoms with Crippen molar-refractivity contribution >= 4 is 5.97 Å². The number of rotatable bonds is 3.